The molecule has 0 bridgehead atoms. The highest BCUT2D eigenvalue weighted by atomic mass is 35.5. The van der Waals surface area contributed by atoms with Crippen molar-refractivity contribution < 1.29 is 14.6 Å². The monoisotopic (exact) mass is 360 g/mol. The molecule has 5 nitrogen and oxygen atoms in total. The first kappa shape index (κ1) is 17.7. The molecule has 0 saturated carbocycles. The predicted octanol–water partition coefficient (Wildman–Crippen LogP) is 3.16. The van der Waals surface area contributed by atoms with Gasteiger partial charge in [0.1, 0.15) is 0 Å². The second-order valence-electron chi connectivity index (χ2n) is 5.98. The highest BCUT2D eigenvalue weighted by Gasteiger charge is 2.15. The molecule has 0 aromatic heterocycles. The Labute approximate surface area is 152 Å². The number of rotatable bonds is 6. The van der Waals surface area contributed by atoms with Gasteiger partial charge in [-0.05, 0) is 41.5 Å². The molecule has 0 spiro atoms. The average Bonchev–Trinajstić information content (AvgIpc) is 2.63. The Kier molecular flexibility index (Phi) is 5.91. The molecule has 0 amide bonds. The number of carbonyl (C=O) groups is 1. The van der Waals surface area contributed by atoms with Crippen LogP contribution in [0.4, 0.5) is 5.69 Å². The van der Waals surface area contributed by atoms with Gasteiger partial charge >= 0.3 is 5.97 Å². The van der Waals surface area contributed by atoms with E-state index in [9.17, 15) is 4.79 Å². The van der Waals surface area contributed by atoms with Gasteiger partial charge in [0.25, 0.3) is 0 Å². The molecule has 1 fully saturated rings. The van der Waals surface area contributed by atoms with Gasteiger partial charge in [0.05, 0.1) is 18.8 Å². The number of benzene rings is 2. The lowest BCUT2D eigenvalue weighted by Crippen LogP contribution is -2.37. The molecular weight excluding hydrogens is 340 g/mol. The normalized spacial score (nSPS) is 14.5. The van der Waals surface area contributed by atoms with Crippen LogP contribution in [0.5, 0.6) is 0 Å². The second kappa shape index (κ2) is 8.34. The Morgan fingerprint density at radius 3 is 2.52 bits per heavy atom. The highest BCUT2D eigenvalue weighted by molar-refractivity contribution is 6.30. The molecule has 3 rings (SSSR count). The number of hydrogen-bond acceptors (Lipinski definition) is 4. The highest BCUT2D eigenvalue weighted by Crippen LogP contribution is 2.25. The fourth-order valence-corrected chi connectivity index (χ4v) is 3.11. The summed E-state index contributed by atoms with van der Waals surface area (Å²) in [6.07, 6.45) is 0. The Hall–Kier alpha value is -2.08. The third kappa shape index (κ3) is 4.72. The van der Waals surface area contributed by atoms with Crippen molar-refractivity contribution in [2.75, 3.05) is 31.2 Å². The molecule has 1 heterocycles. The van der Waals surface area contributed by atoms with Crippen molar-refractivity contribution in [3.63, 3.8) is 0 Å². The molecule has 25 heavy (non-hydrogen) atoms. The number of halogens is 1. The van der Waals surface area contributed by atoms with E-state index in [0.717, 1.165) is 42.5 Å². The van der Waals surface area contributed by atoms with Gasteiger partial charge in [-0.1, -0.05) is 23.7 Å². The zero-order chi connectivity index (χ0) is 17.6. The van der Waals surface area contributed by atoms with Crippen LogP contribution >= 0.6 is 11.6 Å². The van der Waals surface area contributed by atoms with Crippen molar-refractivity contribution in [3.8, 4) is 0 Å². The molecule has 0 radical (unpaired) electrons. The van der Waals surface area contributed by atoms with Crippen molar-refractivity contribution in [2.24, 2.45) is 0 Å². The smallest absolute Gasteiger partial charge is 0.335 e. The number of aromatic carboxylic acids is 1. The van der Waals surface area contributed by atoms with Gasteiger partial charge in [-0.2, -0.15) is 0 Å². The summed E-state index contributed by atoms with van der Waals surface area (Å²) in [6.45, 7) is 4.59. The van der Waals surface area contributed by atoms with Gasteiger partial charge < -0.3 is 20.1 Å². The average molecular weight is 361 g/mol. The fraction of sp³-hybridized carbons (Fsp3) is 0.316. The first-order valence-electron chi connectivity index (χ1n) is 8.27. The zero-order valence-corrected chi connectivity index (χ0v) is 14.6. The molecule has 2 N–H and O–H groups in total. The lowest BCUT2D eigenvalue weighted by atomic mass is 10.1. The number of nitrogens with one attached hydrogen (secondary N) is 1. The number of carboxylic acid groups (broad SMARTS) is 1. The fourth-order valence-electron chi connectivity index (χ4n) is 2.92. The molecule has 2 aromatic carbocycles. The maximum atomic E-state index is 10.9. The first-order chi connectivity index (χ1) is 12.1. The SMILES string of the molecule is O=C(O)c1ccc(CNCc2cc(Cl)ccc2N2CCOCC2)cc1. The number of nitrogens with zero attached hydrogens (tertiary/aromatic N) is 1. The van der Waals surface area contributed by atoms with E-state index in [1.807, 2.05) is 24.3 Å². The van der Waals surface area contributed by atoms with Crippen LogP contribution in [0.15, 0.2) is 42.5 Å². The van der Waals surface area contributed by atoms with Crippen LogP contribution in [0.25, 0.3) is 0 Å². The largest absolute Gasteiger partial charge is 0.478 e. The number of carboxylic acids is 1. The second-order valence-corrected chi connectivity index (χ2v) is 6.41. The number of anilines is 1. The van der Waals surface area contributed by atoms with Crippen molar-refractivity contribution in [3.05, 3.63) is 64.2 Å². The quantitative estimate of drug-likeness (QED) is 0.828. The maximum Gasteiger partial charge on any atom is 0.335 e. The molecule has 0 aliphatic carbocycles. The molecule has 6 heteroatoms. The van der Waals surface area contributed by atoms with Crippen molar-refractivity contribution in [1.29, 1.82) is 0 Å². The van der Waals surface area contributed by atoms with E-state index in [4.69, 9.17) is 21.4 Å². The summed E-state index contributed by atoms with van der Waals surface area (Å²) < 4.78 is 5.43. The molecule has 1 aliphatic heterocycles. The van der Waals surface area contributed by atoms with Crippen molar-refractivity contribution in [1.82, 2.24) is 5.32 Å². The van der Waals surface area contributed by atoms with Crippen LogP contribution in [-0.4, -0.2) is 37.4 Å². The van der Waals surface area contributed by atoms with E-state index in [0.29, 0.717) is 18.7 Å². The summed E-state index contributed by atoms with van der Waals surface area (Å²) >= 11 is 6.17. The first-order valence-corrected chi connectivity index (χ1v) is 8.65. The Morgan fingerprint density at radius 2 is 1.84 bits per heavy atom. The predicted molar refractivity (Wildman–Crippen MR) is 98.4 cm³/mol. The Morgan fingerprint density at radius 1 is 1.12 bits per heavy atom. The topological polar surface area (TPSA) is 61.8 Å². The summed E-state index contributed by atoms with van der Waals surface area (Å²) in [5.74, 6) is -0.909. The minimum atomic E-state index is -0.909. The van der Waals surface area contributed by atoms with E-state index in [-0.39, 0.29) is 0 Å². The molecule has 2 aromatic rings. The minimum absolute atomic E-state index is 0.299. The van der Waals surface area contributed by atoms with E-state index in [2.05, 4.69) is 16.3 Å². The molecule has 1 saturated heterocycles. The van der Waals surface area contributed by atoms with Crippen molar-refractivity contribution in [2.45, 2.75) is 13.1 Å². The zero-order valence-electron chi connectivity index (χ0n) is 13.9. The van der Waals surface area contributed by atoms with Crippen LogP contribution in [-0.2, 0) is 17.8 Å². The van der Waals surface area contributed by atoms with Gasteiger partial charge in [0.2, 0.25) is 0 Å². The van der Waals surface area contributed by atoms with Crippen LogP contribution in [0.1, 0.15) is 21.5 Å². The van der Waals surface area contributed by atoms with Gasteiger partial charge in [-0.25, -0.2) is 4.79 Å². The van der Waals surface area contributed by atoms with Crippen LogP contribution in [0.3, 0.4) is 0 Å². The summed E-state index contributed by atoms with van der Waals surface area (Å²) in [5, 5.41) is 13.1. The van der Waals surface area contributed by atoms with Gasteiger partial charge in [0, 0.05) is 36.9 Å². The third-order valence-electron chi connectivity index (χ3n) is 4.24. The lowest BCUT2D eigenvalue weighted by molar-refractivity contribution is 0.0697. The summed E-state index contributed by atoms with van der Waals surface area (Å²) in [5.41, 5.74) is 3.67. The number of morpholine rings is 1. The van der Waals surface area contributed by atoms with E-state index < -0.39 is 5.97 Å². The number of hydrogen-bond donors (Lipinski definition) is 2. The molecular formula is C19H21ClN2O3. The van der Waals surface area contributed by atoms with Crippen LogP contribution < -0.4 is 10.2 Å². The number of ether oxygens (including phenoxy) is 1. The molecule has 0 unspecified atom stereocenters. The van der Waals surface area contributed by atoms with Gasteiger partial charge in [-0.3, -0.25) is 0 Å². The minimum Gasteiger partial charge on any atom is -0.478 e. The van der Waals surface area contributed by atoms with E-state index in [1.54, 1.807) is 12.1 Å². The maximum absolute atomic E-state index is 10.9. The van der Waals surface area contributed by atoms with Crippen molar-refractivity contribution >= 4 is 23.3 Å². The third-order valence-corrected chi connectivity index (χ3v) is 4.47. The van der Waals surface area contributed by atoms with Crippen LogP contribution in [0, 0.1) is 0 Å². The molecule has 1 aliphatic rings. The summed E-state index contributed by atoms with van der Waals surface area (Å²) in [4.78, 5) is 13.2. The summed E-state index contributed by atoms with van der Waals surface area (Å²) in [6, 6.07) is 12.9. The van der Waals surface area contributed by atoms with Crippen LogP contribution in [0.2, 0.25) is 5.02 Å². The van der Waals surface area contributed by atoms with Gasteiger partial charge in [0.15, 0.2) is 0 Å². The van der Waals surface area contributed by atoms with Gasteiger partial charge in [-0.15, -0.1) is 0 Å². The molecule has 0 atom stereocenters. The summed E-state index contributed by atoms with van der Waals surface area (Å²) in [7, 11) is 0. The molecule has 132 valence electrons. The Bertz CT molecular complexity index is 728. The lowest BCUT2D eigenvalue weighted by Gasteiger charge is -2.30. The van der Waals surface area contributed by atoms with E-state index in [1.165, 1.54) is 5.69 Å². The Balaban J connectivity index is 1.64. The van der Waals surface area contributed by atoms with E-state index >= 15 is 0 Å². The standard InChI is InChI=1S/C19H21ClN2O3/c20-17-5-6-18(22-7-9-25-10-8-22)16(11-17)13-21-12-14-1-3-15(4-2-14)19(23)24/h1-6,11,21H,7-10,12-13H2,(H,23,24).